The first-order chi connectivity index (χ1) is 19.6. The van der Waals surface area contributed by atoms with Crippen molar-refractivity contribution in [3.63, 3.8) is 0 Å². The number of piperidine rings is 1. The summed E-state index contributed by atoms with van der Waals surface area (Å²) < 4.78 is 0. The second-order valence-corrected chi connectivity index (χ2v) is 13.4. The molecule has 0 radical (unpaired) electrons. The summed E-state index contributed by atoms with van der Waals surface area (Å²) in [4.78, 5) is 59.0. The number of benzene rings is 1. The van der Waals surface area contributed by atoms with Gasteiger partial charge < -0.3 is 15.2 Å². The van der Waals surface area contributed by atoms with Crippen LogP contribution in [-0.2, 0) is 25.6 Å². The molecule has 1 saturated carbocycles. The highest BCUT2D eigenvalue weighted by molar-refractivity contribution is 7.98. The minimum Gasteiger partial charge on any atom is -0.358 e. The largest absolute Gasteiger partial charge is 0.358 e. The predicted octanol–water partition coefficient (Wildman–Crippen LogP) is 5.63. The van der Waals surface area contributed by atoms with Crippen molar-refractivity contribution in [2.24, 2.45) is 17.8 Å². The van der Waals surface area contributed by atoms with Crippen LogP contribution >= 0.6 is 11.8 Å². The second kappa shape index (κ2) is 14.0. The topological polar surface area (TPSA) is 99.3 Å². The van der Waals surface area contributed by atoms with Gasteiger partial charge in [0.2, 0.25) is 11.8 Å². The number of carbonyl (C=O) groups excluding carboxylic acids is 4. The average Bonchev–Trinajstić information content (AvgIpc) is 3.72. The molecule has 1 unspecified atom stereocenters. The van der Waals surface area contributed by atoms with Crippen LogP contribution in [0.4, 0.5) is 0 Å². The van der Waals surface area contributed by atoms with Crippen LogP contribution in [0.25, 0.3) is 10.9 Å². The molecular weight excluding hydrogens is 534 g/mol. The Hall–Kier alpha value is -2.61. The highest BCUT2D eigenvalue weighted by Gasteiger charge is 2.41. The third-order valence-electron chi connectivity index (χ3n) is 9.24. The van der Waals surface area contributed by atoms with Crippen LogP contribution in [0, 0.1) is 24.7 Å². The lowest BCUT2D eigenvalue weighted by atomic mass is 9.89. The number of ketones is 2. The van der Waals surface area contributed by atoms with E-state index < -0.39 is 12.0 Å². The number of likely N-dealkylation sites (tertiary alicyclic amines) is 1. The van der Waals surface area contributed by atoms with E-state index in [1.165, 1.54) is 0 Å². The molecule has 1 saturated heterocycles. The zero-order valence-electron chi connectivity index (χ0n) is 25.3. The maximum absolute atomic E-state index is 13.9. The van der Waals surface area contributed by atoms with Crippen molar-refractivity contribution >= 4 is 46.0 Å². The van der Waals surface area contributed by atoms with Gasteiger partial charge in [-0.05, 0) is 95.8 Å². The first-order valence-electron chi connectivity index (χ1n) is 15.3. The van der Waals surface area contributed by atoms with Gasteiger partial charge in [0, 0.05) is 59.8 Å². The Kier molecular flexibility index (Phi) is 10.7. The molecular formula is C33H47N3O4S. The van der Waals surface area contributed by atoms with Crippen molar-refractivity contribution in [2.45, 2.75) is 104 Å². The molecule has 8 heteroatoms. The summed E-state index contributed by atoms with van der Waals surface area (Å²) in [6.07, 6.45) is 8.23. The fraction of sp³-hybridized carbons (Fsp3) is 0.636. The van der Waals surface area contributed by atoms with Crippen LogP contribution in [0.2, 0.25) is 0 Å². The van der Waals surface area contributed by atoms with Crippen LogP contribution in [0.5, 0.6) is 0 Å². The highest BCUT2D eigenvalue weighted by Crippen LogP contribution is 2.40. The Bertz CT molecular complexity index is 1240. The van der Waals surface area contributed by atoms with E-state index in [9.17, 15) is 19.2 Å². The van der Waals surface area contributed by atoms with Gasteiger partial charge in [0.05, 0.1) is 6.04 Å². The van der Waals surface area contributed by atoms with E-state index in [-0.39, 0.29) is 60.1 Å². The van der Waals surface area contributed by atoms with Gasteiger partial charge in [0.25, 0.3) is 0 Å². The van der Waals surface area contributed by atoms with Crippen molar-refractivity contribution in [1.29, 1.82) is 0 Å². The zero-order chi connectivity index (χ0) is 29.7. The number of carbonyl (C=O) groups is 4. The lowest BCUT2D eigenvalue weighted by Gasteiger charge is -2.39. The summed E-state index contributed by atoms with van der Waals surface area (Å²) >= 11 is 1.66. The summed E-state index contributed by atoms with van der Waals surface area (Å²) in [5.74, 6) is -0.111. The summed E-state index contributed by atoms with van der Waals surface area (Å²) in [6, 6.07) is 7.57. The molecule has 2 aliphatic rings. The quantitative estimate of drug-likeness (QED) is 0.301. The molecule has 224 valence electrons. The normalized spacial score (nSPS) is 21.3. The number of aryl methyl sites for hydroxylation is 1. The zero-order valence-corrected chi connectivity index (χ0v) is 26.1. The molecule has 2 amide bonds. The third kappa shape index (κ3) is 7.82. The molecule has 2 N–H and O–H groups in total. The molecule has 0 spiro atoms. The molecule has 1 aliphatic carbocycles. The first-order valence-corrected chi connectivity index (χ1v) is 16.7. The van der Waals surface area contributed by atoms with Crippen LogP contribution in [0.3, 0.4) is 0 Å². The molecule has 7 nitrogen and oxygen atoms in total. The van der Waals surface area contributed by atoms with E-state index in [1.54, 1.807) is 18.7 Å². The number of para-hydroxylation sites is 1. The van der Waals surface area contributed by atoms with E-state index in [0.717, 1.165) is 60.0 Å². The number of thioether (sulfide) groups is 1. The van der Waals surface area contributed by atoms with Gasteiger partial charge in [-0.15, -0.1) is 0 Å². The number of rotatable bonds is 14. The maximum Gasteiger partial charge on any atom is 0.224 e. The monoisotopic (exact) mass is 581 g/mol. The number of fused-ring (bicyclic) bond motifs is 1. The Morgan fingerprint density at radius 1 is 1.05 bits per heavy atom. The Morgan fingerprint density at radius 2 is 1.73 bits per heavy atom. The minimum atomic E-state index is -0.763. The van der Waals surface area contributed by atoms with Crippen LogP contribution in [0.15, 0.2) is 24.3 Å². The summed E-state index contributed by atoms with van der Waals surface area (Å²) in [6.45, 7) is 7.73. The maximum atomic E-state index is 13.9. The molecule has 1 aromatic carbocycles. The number of nitrogens with one attached hydrogen (secondary N) is 2. The summed E-state index contributed by atoms with van der Waals surface area (Å²) in [5.41, 5.74) is 2.95. The first kappa shape index (κ1) is 31.3. The molecule has 2 heterocycles. The molecule has 4 rings (SSSR count). The van der Waals surface area contributed by atoms with Crippen molar-refractivity contribution in [2.75, 3.05) is 12.0 Å². The Labute approximate surface area is 249 Å². The second-order valence-electron chi connectivity index (χ2n) is 12.4. The number of hydrogen-bond acceptors (Lipinski definition) is 5. The van der Waals surface area contributed by atoms with Crippen LogP contribution in [-0.4, -0.2) is 63.4 Å². The van der Waals surface area contributed by atoms with Gasteiger partial charge in [-0.3, -0.25) is 19.2 Å². The molecule has 5 atom stereocenters. The van der Waals surface area contributed by atoms with Crippen molar-refractivity contribution in [3.8, 4) is 0 Å². The van der Waals surface area contributed by atoms with Gasteiger partial charge in [-0.25, -0.2) is 0 Å². The minimum absolute atomic E-state index is 0.00646. The van der Waals surface area contributed by atoms with E-state index in [1.807, 2.05) is 42.3 Å². The number of Topliss-reactive ketones (excluding diaryl/α,β-unsaturated/α-hetero) is 2. The van der Waals surface area contributed by atoms with Gasteiger partial charge in [-0.2, -0.15) is 11.8 Å². The number of nitrogens with zero attached hydrogens (tertiary/aromatic N) is 1. The number of aromatic nitrogens is 1. The molecule has 1 aromatic heterocycles. The average molecular weight is 582 g/mol. The van der Waals surface area contributed by atoms with Gasteiger partial charge in [-0.1, -0.05) is 18.2 Å². The molecule has 41 heavy (non-hydrogen) atoms. The van der Waals surface area contributed by atoms with Crippen molar-refractivity contribution in [3.05, 3.63) is 35.5 Å². The molecule has 2 fully saturated rings. The van der Waals surface area contributed by atoms with E-state index in [4.69, 9.17) is 0 Å². The number of amides is 2. The Balaban J connectivity index is 1.56. The van der Waals surface area contributed by atoms with Crippen LogP contribution < -0.4 is 5.32 Å². The van der Waals surface area contributed by atoms with Gasteiger partial charge >= 0.3 is 0 Å². The van der Waals surface area contributed by atoms with E-state index in [0.29, 0.717) is 12.8 Å². The van der Waals surface area contributed by atoms with Crippen molar-refractivity contribution in [1.82, 2.24) is 15.2 Å². The number of H-pyrrole nitrogens is 1. The smallest absolute Gasteiger partial charge is 0.224 e. The SMILES string of the molecule is CSCC[C@@H](CC(=O)[C@@H](Cc1c(C)[nH]c2ccccc12)NC(=O)C(CC(=O)N1[C@H](C)CCC[C@@H]1C)C1CC1)C(C)=O. The molecule has 0 bridgehead atoms. The fourth-order valence-corrected chi connectivity index (χ4v) is 7.12. The summed E-state index contributed by atoms with van der Waals surface area (Å²) in [7, 11) is 0. The standard InChI is InChI=1S/C33H47N3O4S/c1-20-9-8-10-21(2)36(20)32(39)19-28(24-13-14-24)33(40)35-30(31(38)17-25(23(4)37)15-16-41-5)18-27-22(3)34-29-12-7-6-11-26(27)29/h6-7,11-12,20-21,24-25,28,30,34H,8-10,13-19H2,1-5H3,(H,35,40)/t20-,21+,25-,28?,30+/m0/s1. The van der Waals surface area contributed by atoms with E-state index >= 15 is 0 Å². The van der Waals surface area contributed by atoms with Crippen LogP contribution in [0.1, 0.15) is 83.4 Å². The van der Waals surface area contributed by atoms with Gasteiger partial charge in [0.1, 0.15) is 5.78 Å². The lowest BCUT2D eigenvalue weighted by molar-refractivity contribution is -0.142. The van der Waals surface area contributed by atoms with Gasteiger partial charge in [0.15, 0.2) is 5.78 Å². The summed E-state index contributed by atoms with van der Waals surface area (Å²) in [5, 5.41) is 4.14. The predicted molar refractivity (Wildman–Crippen MR) is 166 cm³/mol. The van der Waals surface area contributed by atoms with E-state index in [2.05, 4.69) is 24.1 Å². The molecule has 1 aliphatic heterocycles. The highest BCUT2D eigenvalue weighted by atomic mass is 32.2. The number of aromatic amines is 1. The lowest BCUT2D eigenvalue weighted by Crippen LogP contribution is -2.50. The Morgan fingerprint density at radius 3 is 2.37 bits per heavy atom. The molecule has 2 aromatic rings. The number of hydrogen-bond donors (Lipinski definition) is 2. The van der Waals surface area contributed by atoms with Crippen molar-refractivity contribution < 1.29 is 19.2 Å². The fourth-order valence-electron chi connectivity index (χ4n) is 6.60. The third-order valence-corrected chi connectivity index (χ3v) is 9.88.